The van der Waals surface area contributed by atoms with Gasteiger partial charge in [0.05, 0.1) is 12.8 Å². The molecule has 2 aromatic rings. The Morgan fingerprint density at radius 3 is 2.57 bits per heavy atom. The van der Waals surface area contributed by atoms with Crippen LogP contribution in [0.3, 0.4) is 0 Å². The average molecular weight is 405 g/mol. The molecule has 0 aromatic heterocycles. The maximum absolute atomic E-state index is 13.1. The normalized spacial score (nSPS) is 18.4. The Balaban J connectivity index is 1.85. The van der Waals surface area contributed by atoms with E-state index >= 15 is 0 Å². The van der Waals surface area contributed by atoms with E-state index in [1.165, 1.54) is 6.21 Å². The zero-order valence-corrected chi connectivity index (χ0v) is 16.9. The second-order valence-electron chi connectivity index (χ2n) is 6.55. The average Bonchev–Trinajstić information content (AvgIpc) is 3.02. The van der Waals surface area contributed by atoms with Gasteiger partial charge in [0.1, 0.15) is 12.1 Å². The van der Waals surface area contributed by atoms with Crippen molar-refractivity contribution in [1.82, 2.24) is 10.3 Å². The van der Waals surface area contributed by atoms with Crippen molar-refractivity contribution < 1.29 is 19.1 Å². The van der Waals surface area contributed by atoms with Crippen molar-refractivity contribution in [1.29, 1.82) is 0 Å². The van der Waals surface area contributed by atoms with Crippen LogP contribution in [0.25, 0.3) is 0 Å². The van der Waals surface area contributed by atoms with E-state index in [1.807, 2.05) is 44.2 Å². The van der Waals surface area contributed by atoms with E-state index in [0.717, 1.165) is 10.6 Å². The molecule has 3 rings (SSSR count). The molecule has 1 atom stereocenters. The SMILES string of the molecule is C#CCOc1ccc(/C=N\N2C(=O)N[C@@](CC)(c3ccccc3)C2=O)cc1OCC. The number of nitrogens with one attached hydrogen (secondary N) is 1. The van der Waals surface area contributed by atoms with Gasteiger partial charge in [0, 0.05) is 0 Å². The van der Waals surface area contributed by atoms with Crippen LogP contribution in [0.1, 0.15) is 31.4 Å². The van der Waals surface area contributed by atoms with Crippen molar-refractivity contribution in [2.24, 2.45) is 5.10 Å². The zero-order chi connectivity index (χ0) is 21.6. The summed E-state index contributed by atoms with van der Waals surface area (Å²) in [5.74, 6) is 3.00. The van der Waals surface area contributed by atoms with E-state index in [4.69, 9.17) is 15.9 Å². The number of imide groups is 1. The molecule has 7 heteroatoms. The molecule has 0 spiro atoms. The number of hydrogen-bond donors (Lipinski definition) is 1. The maximum atomic E-state index is 13.1. The van der Waals surface area contributed by atoms with Crippen LogP contribution in [0.2, 0.25) is 0 Å². The van der Waals surface area contributed by atoms with Crippen molar-refractivity contribution in [2.75, 3.05) is 13.2 Å². The second kappa shape index (κ2) is 9.14. The number of rotatable bonds is 8. The van der Waals surface area contributed by atoms with Gasteiger partial charge < -0.3 is 14.8 Å². The Hall–Kier alpha value is -3.79. The Morgan fingerprint density at radius 1 is 1.13 bits per heavy atom. The molecule has 30 heavy (non-hydrogen) atoms. The highest BCUT2D eigenvalue weighted by Crippen LogP contribution is 2.33. The molecule has 154 valence electrons. The van der Waals surface area contributed by atoms with E-state index in [1.54, 1.807) is 18.2 Å². The van der Waals surface area contributed by atoms with E-state index in [0.29, 0.717) is 30.1 Å². The fourth-order valence-corrected chi connectivity index (χ4v) is 3.27. The number of carbonyl (C=O) groups is 2. The number of amides is 3. The summed E-state index contributed by atoms with van der Waals surface area (Å²) in [6, 6.07) is 13.7. The second-order valence-corrected chi connectivity index (χ2v) is 6.55. The minimum absolute atomic E-state index is 0.120. The first-order chi connectivity index (χ1) is 14.6. The van der Waals surface area contributed by atoms with Gasteiger partial charge in [-0.15, -0.1) is 11.4 Å². The van der Waals surface area contributed by atoms with E-state index in [2.05, 4.69) is 16.3 Å². The monoisotopic (exact) mass is 405 g/mol. The largest absolute Gasteiger partial charge is 0.490 e. The molecule has 0 aliphatic carbocycles. The number of benzene rings is 2. The van der Waals surface area contributed by atoms with Crippen molar-refractivity contribution in [2.45, 2.75) is 25.8 Å². The number of terminal acetylenes is 1. The van der Waals surface area contributed by atoms with Crippen LogP contribution >= 0.6 is 0 Å². The molecular weight excluding hydrogens is 382 g/mol. The lowest BCUT2D eigenvalue weighted by Crippen LogP contribution is -2.43. The fraction of sp³-hybridized carbons (Fsp3) is 0.261. The molecule has 0 unspecified atom stereocenters. The third-order valence-electron chi connectivity index (χ3n) is 4.77. The molecule has 1 aliphatic rings. The summed E-state index contributed by atoms with van der Waals surface area (Å²) in [5, 5.41) is 7.79. The highest BCUT2D eigenvalue weighted by atomic mass is 16.5. The summed E-state index contributed by atoms with van der Waals surface area (Å²) >= 11 is 0. The topological polar surface area (TPSA) is 80.2 Å². The Morgan fingerprint density at radius 2 is 1.90 bits per heavy atom. The van der Waals surface area contributed by atoms with Crippen molar-refractivity contribution in [3.8, 4) is 23.8 Å². The highest BCUT2D eigenvalue weighted by molar-refractivity contribution is 6.07. The third kappa shape index (κ3) is 3.98. The Kier molecular flexibility index (Phi) is 6.38. The van der Waals surface area contributed by atoms with Gasteiger partial charge in [0.15, 0.2) is 11.5 Å². The lowest BCUT2D eigenvalue weighted by atomic mass is 9.87. The molecule has 0 radical (unpaired) electrons. The van der Waals surface area contributed by atoms with Gasteiger partial charge in [-0.25, -0.2) is 4.79 Å². The molecular formula is C23H23N3O4. The van der Waals surface area contributed by atoms with Crippen molar-refractivity contribution >= 4 is 18.2 Å². The number of ether oxygens (including phenoxy) is 2. The summed E-state index contributed by atoms with van der Waals surface area (Å²) in [4.78, 5) is 25.6. The van der Waals surface area contributed by atoms with Crippen LogP contribution in [-0.4, -0.2) is 36.4 Å². The summed E-state index contributed by atoms with van der Waals surface area (Å²) in [6.45, 7) is 4.26. The van der Waals surface area contributed by atoms with E-state index < -0.39 is 17.5 Å². The number of carbonyl (C=O) groups excluding carboxylic acids is 2. The molecule has 1 saturated heterocycles. The number of hydrazone groups is 1. The summed E-state index contributed by atoms with van der Waals surface area (Å²) in [7, 11) is 0. The van der Waals surface area contributed by atoms with Crippen LogP contribution in [0.4, 0.5) is 4.79 Å². The van der Waals surface area contributed by atoms with Gasteiger partial charge in [0.2, 0.25) is 0 Å². The fourth-order valence-electron chi connectivity index (χ4n) is 3.27. The van der Waals surface area contributed by atoms with Crippen molar-refractivity contribution in [3.63, 3.8) is 0 Å². The standard InChI is InChI=1S/C23H23N3O4/c1-4-14-30-19-13-12-17(15-20(19)29-6-3)16-24-26-21(27)23(5-2,25-22(26)28)18-10-8-7-9-11-18/h1,7-13,15-16H,5-6,14H2,2-3H3,(H,25,28)/b24-16-/t23-/m0/s1. The predicted octanol–water partition coefficient (Wildman–Crippen LogP) is 3.29. The molecule has 1 fully saturated rings. The number of hydrogen-bond acceptors (Lipinski definition) is 5. The van der Waals surface area contributed by atoms with Crippen LogP contribution in [-0.2, 0) is 10.3 Å². The van der Waals surface area contributed by atoms with Crippen LogP contribution in [0.15, 0.2) is 53.6 Å². The minimum Gasteiger partial charge on any atom is -0.490 e. The molecule has 7 nitrogen and oxygen atoms in total. The molecule has 1 heterocycles. The first kappa shape index (κ1) is 20.9. The molecule has 0 bridgehead atoms. The number of nitrogens with zero attached hydrogens (tertiary/aromatic N) is 2. The third-order valence-corrected chi connectivity index (χ3v) is 4.77. The molecule has 1 N–H and O–H groups in total. The molecule has 0 saturated carbocycles. The first-order valence-corrected chi connectivity index (χ1v) is 9.65. The minimum atomic E-state index is -1.13. The van der Waals surface area contributed by atoms with Gasteiger partial charge in [-0.1, -0.05) is 43.2 Å². The predicted molar refractivity (Wildman–Crippen MR) is 113 cm³/mol. The zero-order valence-electron chi connectivity index (χ0n) is 16.9. The lowest BCUT2D eigenvalue weighted by molar-refractivity contribution is -0.131. The smallest absolute Gasteiger partial charge is 0.346 e. The lowest BCUT2D eigenvalue weighted by Gasteiger charge is -2.24. The van der Waals surface area contributed by atoms with Crippen LogP contribution < -0.4 is 14.8 Å². The van der Waals surface area contributed by atoms with Gasteiger partial charge in [-0.2, -0.15) is 5.10 Å². The maximum Gasteiger partial charge on any atom is 0.346 e. The van der Waals surface area contributed by atoms with Crippen LogP contribution in [0, 0.1) is 12.3 Å². The molecule has 3 amide bonds. The highest BCUT2D eigenvalue weighted by Gasteiger charge is 2.51. The summed E-state index contributed by atoms with van der Waals surface area (Å²) < 4.78 is 11.0. The van der Waals surface area contributed by atoms with Gasteiger partial charge in [-0.3, -0.25) is 4.79 Å². The molecule has 2 aromatic carbocycles. The molecule has 1 aliphatic heterocycles. The quantitative estimate of drug-likeness (QED) is 0.415. The van der Waals surface area contributed by atoms with Crippen molar-refractivity contribution in [3.05, 3.63) is 59.7 Å². The van der Waals surface area contributed by atoms with Gasteiger partial charge in [-0.05, 0) is 42.7 Å². The number of urea groups is 1. The van der Waals surface area contributed by atoms with Gasteiger partial charge in [0.25, 0.3) is 5.91 Å². The summed E-state index contributed by atoms with van der Waals surface area (Å²) in [6.07, 6.45) is 7.08. The van der Waals surface area contributed by atoms with Gasteiger partial charge >= 0.3 is 6.03 Å². The summed E-state index contributed by atoms with van der Waals surface area (Å²) in [5.41, 5.74) is 0.233. The Bertz CT molecular complexity index is 997. The Labute approximate surface area is 175 Å². The van der Waals surface area contributed by atoms with E-state index in [-0.39, 0.29) is 6.61 Å². The first-order valence-electron chi connectivity index (χ1n) is 9.65. The van der Waals surface area contributed by atoms with E-state index in [9.17, 15) is 9.59 Å². The van der Waals surface area contributed by atoms with Crippen LogP contribution in [0.5, 0.6) is 11.5 Å².